The van der Waals surface area contributed by atoms with Crippen LogP contribution in [0.5, 0.6) is 0 Å². The van der Waals surface area contributed by atoms with Crippen LogP contribution in [0.25, 0.3) is 0 Å². The van der Waals surface area contributed by atoms with Crippen LogP contribution in [0, 0.1) is 17.8 Å². The van der Waals surface area contributed by atoms with E-state index in [9.17, 15) is 30.7 Å². The summed E-state index contributed by atoms with van der Waals surface area (Å²) in [7, 11) is 0. The van der Waals surface area contributed by atoms with E-state index in [1.165, 1.54) is 6.42 Å². The molecule has 0 aromatic rings. The summed E-state index contributed by atoms with van der Waals surface area (Å²) in [6, 6.07) is 0. The van der Waals surface area contributed by atoms with Gasteiger partial charge in [0.2, 0.25) is 0 Å². The molecule has 0 heterocycles. The molecule has 0 aliphatic heterocycles. The Hall–Kier alpha value is -0.570. The zero-order valence-electron chi connectivity index (χ0n) is 17.0. The van der Waals surface area contributed by atoms with E-state index in [0.717, 1.165) is 25.7 Å². The van der Waals surface area contributed by atoms with Gasteiger partial charge in [0, 0.05) is 0 Å². The van der Waals surface area contributed by atoms with E-state index >= 15 is 0 Å². The second-order valence-corrected chi connectivity index (χ2v) is 9.17. The average molecular weight is 448 g/mol. The van der Waals surface area contributed by atoms with E-state index in [-0.39, 0.29) is 44.4 Å². The lowest BCUT2D eigenvalue weighted by atomic mass is 9.70. The van der Waals surface area contributed by atoms with Crippen LogP contribution in [0.15, 0.2) is 0 Å². The number of alkyl halides is 7. The summed E-state index contributed by atoms with van der Waals surface area (Å²) in [4.78, 5) is 0. The zero-order valence-corrected chi connectivity index (χ0v) is 17.0. The molecule has 3 aliphatic carbocycles. The number of ether oxygens (including phenoxy) is 2. The largest absolute Gasteiger partial charge is 0.445 e. The molecule has 3 rings (SSSR count). The highest BCUT2D eigenvalue weighted by atomic mass is 19.4. The lowest BCUT2D eigenvalue weighted by Gasteiger charge is -2.41. The maximum atomic E-state index is 14.7. The van der Waals surface area contributed by atoms with Crippen LogP contribution < -0.4 is 0 Å². The van der Waals surface area contributed by atoms with Crippen molar-refractivity contribution in [2.45, 2.75) is 114 Å². The van der Waals surface area contributed by atoms with Crippen LogP contribution >= 0.6 is 0 Å². The zero-order chi connectivity index (χ0) is 21.9. The van der Waals surface area contributed by atoms with Gasteiger partial charge in [0.25, 0.3) is 6.36 Å². The summed E-state index contributed by atoms with van der Waals surface area (Å²) in [5.74, 6) is -0.909. The molecule has 0 radical (unpaired) electrons. The molecule has 0 saturated heterocycles. The molecule has 3 fully saturated rings. The van der Waals surface area contributed by atoms with Gasteiger partial charge in [0.15, 0.2) is 0 Å². The summed E-state index contributed by atoms with van der Waals surface area (Å²) in [5, 5.41) is 0. The van der Waals surface area contributed by atoms with Gasteiger partial charge in [-0.1, -0.05) is 32.1 Å². The van der Waals surface area contributed by atoms with Gasteiger partial charge in [0.1, 0.15) is 6.17 Å². The second-order valence-electron chi connectivity index (χ2n) is 9.17. The normalized spacial score (nSPS) is 35.9. The van der Waals surface area contributed by atoms with Gasteiger partial charge in [-0.25, -0.2) is 8.78 Å². The van der Waals surface area contributed by atoms with Crippen LogP contribution in [0.4, 0.5) is 30.7 Å². The summed E-state index contributed by atoms with van der Waals surface area (Å²) in [5.41, 5.74) is 0. The molecule has 0 amide bonds. The van der Waals surface area contributed by atoms with Crippen LogP contribution in [0.1, 0.15) is 77.0 Å². The lowest BCUT2D eigenvalue weighted by Crippen LogP contribution is -2.45. The first-order valence-electron chi connectivity index (χ1n) is 11.1. The van der Waals surface area contributed by atoms with Crippen molar-refractivity contribution in [2.24, 2.45) is 17.8 Å². The maximum Gasteiger partial charge on any atom is 0.445 e. The molecule has 9 heteroatoms. The quantitative estimate of drug-likeness (QED) is 0.403. The molecule has 0 spiro atoms. The van der Waals surface area contributed by atoms with Crippen molar-refractivity contribution in [3.8, 4) is 0 Å². The highest BCUT2D eigenvalue weighted by Crippen LogP contribution is 2.47. The van der Waals surface area contributed by atoms with Crippen LogP contribution in [0.3, 0.4) is 0 Å². The van der Waals surface area contributed by atoms with E-state index in [2.05, 4.69) is 4.74 Å². The van der Waals surface area contributed by atoms with Crippen LogP contribution in [-0.2, 0) is 9.47 Å². The summed E-state index contributed by atoms with van der Waals surface area (Å²) in [6.45, 7) is 0. The van der Waals surface area contributed by atoms with Crippen molar-refractivity contribution < 1.29 is 40.2 Å². The number of hydrogen-bond donors (Lipinski definition) is 0. The van der Waals surface area contributed by atoms with Gasteiger partial charge in [-0.2, -0.15) is 22.0 Å². The monoisotopic (exact) mass is 448 g/mol. The number of halogens is 7. The van der Waals surface area contributed by atoms with E-state index in [4.69, 9.17) is 4.74 Å². The molecule has 0 bridgehead atoms. The van der Waals surface area contributed by atoms with E-state index in [0.29, 0.717) is 12.3 Å². The number of rotatable bonds is 6. The minimum atomic E-state index is -5.10. The Morgan fingerprint density at radius 1 is 0.700 bits per heavy atom. The van der Waals surface area contributed by atoms with Crippen molar-refractivity contribution in [1.29, 1.82) is 0 Å². The minimum absolute atomic E-state index is 0.00921. The third kappa shape index (κ3) is 6.24. The SMILES string of the molecule is FC1CC(C2CCCCC2)CCC1C(F)(F)OC1CCC(OC(F)C(F)(F)F)CC1. The molecule has 0 aromatic heterocycles. The molecule has 4 atom stereocenters. The molecule has 0 aromatic carbocycles. The predicted octanol–water partition coefficient (Wildman–Crippen LogP) is 7.12. The fraction of sp³-hybridized carbons (Fsp3) is 1.00. The standard InChI is InChI=1S/C21H31F7O2/c22-18-12-14(13-4-2-1-3-5-13)6-11-17(18)21(27,28)30-16-9-7-15(8-10-16)29-19(23)20(24,25)26/h13-19H,1-12H2. The van der Waals surface area contributed by atoms with Gasteiger partial charge in [0.05, 0.1) is 18.1 Å². The summed E-state index contributed by atoms with van der Waals surface area (Å²) in [6.07, 6.45) is -9.26. The summed E-state index contributed by atoms with van der Waals surface area (Å²) < 4.78 is 103. The van der Waals surface area contributed by atoms with Gasteiger partial charge in [-0.15, -0.1) is 0 Å². The van der Waals surface area contributed by atoms with Gasteiger partial charge in [-0.05, 0) is 56.8 Å². The van der Waals surface area contributed by atoms with Crippen molar-refractivity contribution in [2.75, 3.05) is 0 Å². The van der Waals surface area contributed by atoms with E-state index in [1.807, 2.05) is 0 Å². The average Bonchev–Trinajstić information content (AvgIpc) is 2.69. The predicted molar refractivity (Wildman–Crippen MR) is 96.4 cm³/mol. The summed E-state index contributed by atoms with van der Waals surface area (Å²) >= 11 is 0. The first kappa shape index (κ1) is 24.1. The molecule has 3 saturated carbocycles. The van der Waals surface area contributed by atoms with Crippen LogP contribution in [0.2, 0.25) is 0 Å². The Kier molecular flexibility index (Phi) is 7.96. The fourth-order valence-electron chi connectivity index (χ4n) is 5.40. The van der Waals surface area contributed by atoms with Crippen molar-refractivity contribution >= 4 is 0 Å². The highest BCUT2D eigenvalue weighted by Gasteiger charge is 2.51. The molecule has 30 heavy (non-hydrogen) atoms. The molecule has 4 unspecified atom stereocenters. The van der Waals surface area contributed by atoms with E-state index < -0.39 is 42.9 Å². The smallest absolute Gasteiger partial charge is 0.338 e. The molecule has 0 N–H and O–H groups in total. The molecular weight excluding hydrogens is 417 g/mol. The minimum Gasteiger partial charge on any atom is -0.338 e. The van der Waals surface area contributed by atoms with Crippen molar-refractivity contribution in [3.05, 3.63) is 0 Å². The van der Waals surface area contributed by atoms with E-state index in [1.54, 1.807) is 0 Å². The fourth-order valence-corrected chi connectivity index (χ4v) is 5.40. The third-order valence-electron chi connectivity index (χ3n) is 7.08. The number of hydrogen-bond acceptors (Lipinski definition) is 2. The van der Waals surface area contributed by atoms with Gasteiger partial charge >= 0.3 is 12.3 Å². The van der Waals surface area contributed by atoms with Crippen molar-refractivity contribution in [3.63, 3.8) is 0 Å². The Morgan fingerprint density at radius 2 is 1.30 bits per heavy atom. The maximum absolute atomic E-state index is 14.7. The topological polar surface area (TPSA) is 18.5 Å². The third-order valence-corrected chi connectivity index (χ3v) is 7.08. The second kappa shape index (κ2) is 9.92. The highest BCUT2D eigenvalue weighted by molar-refractivity contribution is 4.89. The molecular formula is C21H31F7O2. The Balaban J connectivity index is 1.45. The van der Waals surface area contributed by atoms with Crippen LogP contribution in [-0.4, -0.2) is 37.0 Å². The Morgan fingerprint density at radius 3 is 1.87 bits per heavy atom. The van der Waals surface area contributed by atoms with Crippen molar-refractivity contribution in [1.82, 2.24) is 0 Å². The van der Waals surface area contributed by atoms with Gasteiger partial charge < -0.3 is 9.47 Å². The molecule has 176 valence electrons. The first-order valence-corrected chi connectivity index (χ1v) is 11.1. The molecule has 3 aliphatic rings. The Labute approximate surface area is 172 Å². The lowest BCUT2D eigenvalue weighted by molar-refractivity contribution is -0.315. The van der Waals surface area contributed by atoms with Gasteiger partial charge in [-0.3, -0.25) is 0 Å². The first-order chi connectivity index (χ1) is 14.1. The molecule has 2 nitrogen and oxygen atoms in total. The Bertz CT molecular complexity index is 528.